The summed E-state index contributed by atoms with van der Waals surface area (Å²) < 4.78 is 0. The van der Waals surface area contributed by atoms with Gasteiger partial charge in [0.05, 0.1) is 6.04 Å². The van der Waals surface area contributed by atoms with Crippen molar-refractivity contribution in [3.63, 3.8) is 0 Å². The Bertz CT molecular complexity index is 655. The molecular weight excluding hydrogens is 254 g/mol. The van der Waals surface area contributed by atoms with Gasteiger partial charge < -0.3 is 5.32 Å². The number of fused-ring (bicyclic) bond motifs is 1. The zero-order chi connectivity index (χ0) is 15.0. The average molecular weight is 279 g/mol. The number of benzene rings is 2. The van der Waals surface area contributed by atoms with Gasteiger partial charge in [0.25, 0.3) is 0 Å². The van der Waals surface area contributed by atoms with E-state index in [2.05, 4.69) is 75.5 Å². The standard InChI is InChI=1S/C20H25N/c1-14-9-10-18(15(2)13-14)21-19-17-8-6-5-7-16(17)11-12-20(19,3)4/h5-10,13,19,21H,11-12H2,1-4H3. The average Bonchev–Trinajstić information content (AvgIpc) is 2.44. The van der Waals surface area contributed by atoms with Crippen LogP contribution in [-0.2, 0) is 6.42 Å². The van der Waals surface area contributed by atoms with Crippen molar-refractivity contribution in [1.82, 2.24) is 0 Å². The largest absolute Gasteiger partial charge is 0.377 e. The van der Waals surface area contributed by atoms with Gasteiger partial charge in [0.1, 0.15) is 0 Å². The van der Waals surface area contributed by atoms with E-state index in [4.69, 9.17) is 0 Å². The predicted molar refractivity (Wildman–Crippen MR) is 90.8 cm³/mol. The van der Waals surface area contributed by atoms with Gasteiger partial charge in [0, 0.05) is 5.69 Å². The zero-order valence-corrected chi connectivity index (χ0v) is 13.5. The summed E-state index contributed by atoms with van der Waals surface area (Å²) in [5, 5.41) is 3.82. The smallest absolute Gasteiger partial charge is 0.0567 e. The molecule has 1 unspecified atom stereocenters. The number of rotatable bonds is 2. The molecule has 0 amide bonds. The van der Waals surface area contributed by atoms with E-state index in [1.807, 2.05) is 0 Å². The van der Waals surface area contributed by atoms with Crippen LogP contribution < -0.4 is 5.32 Å². The van der Waals surface area contributed by atoms with Gasteiger partial charge in [0.15, 0.2) is 0 Å². The molecule has 0 heterocycles. The molecule has 0 spiro atoms. The second-order valence-corrected chi connectivity index (χ2v) is 7.08. The molecule has 2 aromatic carbocycles. The van der Waals surface area contributed by atoms with E-state index in [9.17, 15) is 0 Å². The van der Waals surface area contributed by atoms with Crippen molar-refractivity contribution < 1.29 is 0 Å². The lowest BCUT2D eigenvalue weighted by Crippen LogP contribution is -2.33. The molecule has 0 fully saturated rings. The minimum absolute atomic E-state index is 0.270. The lowest BCUT2D eigenvalue weighted by Gasteiger charge is -2.41. The SMILES string of the molecule is Cc1ccc(NC2c3ccccc3CCC2(C)C)c(C)c1. The fourth-order valence-corrected chi connectivity index (χ4v) is 3.47. The number of nitrogens with one attached hydrogen (secondary N) is 1. The molecule has 0 aliphatic heterocycles. The molecule has 1 atom stereocenters. The first-order valence-electron chi connectivity index (χ1n) is 7.89. The highest BCUT2D eigenvalue weighted by Gasteiger charge is 2.35. The molecule has 0 radical (unpaired) electrons. The molecule has 1 heteroatoms. The molecular formula is C20H25N. The fraction of sp³-hybridized carbons (Fsp3) is 0.400. The first-order valence-corrected chi connectivity index (χ1v) is 7.89. The van der Waals surface area contributed by atoms with Gasteiger partial charge in [-0.1, -0.05) is 55.8 Å². The molecule has 0 aromatic heterocycles. The van der Waals surface area contributed by atoms with Crippen LogP contribution in [0.25, 0.3) is 0 Å². The van der Waals surface area contributed by atoms with Crippen LogP contribution in [0, 0.1) is 19.3 Å². The van der Waals surface area contributed by atoms with Gasteiger partial charge >= 0.3 is 0 Å². The number of anilines is 1. The molecule has 1 N–H and O–H groups in total. The molecule has 1 nitrogen and oxygen atoms in total. The van der Waals surface area contributed by atoms with Crippen molar-refractivity contribution >= 4 is 5.69 Å². The van der Waals surface area contributed by atoms with E-state index >= 15 is 0 Å². The summed E-state index contributed by atoms with van der Waals surface area (Å²) in [5.74, 6) is 0. The summed E-state index contributed by atoms with van der Waals surface area (Å²) in [5.41, 5.74) is 7.14. The summed E-state index contributed by atoms with van der Waals surface area (Å²) >= 11 is 0. The van der Waals surface area contributed by atoms with E-state index in [0.717, 1.165) is 0 Å². The molecule has 0 saturated heterocycles. The van der Waals surface area contributed by atoms with Crippen molar-refractivity contribution in [2.45, 2.75) is 46.6 Å². The molecule has 1 aliphatic rings. The van der Waals surface area contributed by atoms with Crippen LogP contribution in [-0.4, -0.2) is 0 Å². The third kappa shape index (κ3) is 2.70. The quantitative estimate of drug-likeness (QED) is 0.773. The Labute approximate surface area is 128 Å². The van der Waals surface area contributed by atoms with E-state index in [-0.39, 0.29) is 5.41 Å². The van der Waals surface area contributed by atoms with Gasteiger partial charge in [-0.3, -0.25) is 0 Å². The van der Waals surface area contributed by atoms with Gasteiger partial charge in [-0.05, 0) is 54.9 Å². The highest BCUT2D eigenvalue weighted by molar-refractivity contribution is 5.54. The Hall–Kier alpha value is -1.76. The summed E-state index contributed by atoms with van der Waals surface area (Å²) in [6.07, 6.45) is 2.42. The van der Waals surface area contributed by atoms with Crippen LogP contribution in [0.5, 0.6) is 0 Å². The Morgan fingerprint density at radius 3 is 2.57 bits per heavy atom. The normalized spacial score (nSPS) is 19.9. The Morgan fingerprint density at radius 1 is 1.05 bits per heavy atom. The molecule has 110 valence electrons. The lowest BCUT2D eigenvalue weighted by molar-refractivity contribution is 0.265. The summed E-state index contributed by atoms with van der Waals surface area (Å²) in [7, 11) is 0. The Kier molecular flexibility index (Phi) is 3.52. The van der Waals surface area contributed by atoms with Crippen molar-refractivity contribution in [2.24, 2.45) is 5.41 Å². The fourth-order valence-electron chi connectivity index (χ4n) is 3.47. The molecule has 3 rings (SSSR count). The van der Waals surface area contributed by atoms with E-state index in [0.29, 0.717) is 6.04 Å². The van der Waals surface area contributed by atoms with Crippen molar-refractivity contribution in [3.8, 4) is 0 Å². The van der Waals surface area contributed by atoms with Crippen molar-refractivity contribution in [2.75, 3.05) is 5.32 Å². The third-order valence-corrected chi connectivity index (χ3v) is 4.87. The van der Waals surface area contributed by atoms with E-state index < -0.39 is 0 Å². The molecule has 0 saturated carbocycles. The zero-order valence-electron chi connectivity index (χ0n) is 13.5. The molecule has 1 aliphatic carbocycles. The summed E-state index contributed by atoms with van der Waals surface area (Å²) in [6, 6.07) is 15.9. The number of hydrogen-bond acceptors (Lipinski definition) is 1. The van der Waals surface area contributed by atoms with Gasteiger partial charge in [-0.25, -0.2) is 0 Å². The van der Waals surface area contributed by atoms with Crippen LogP contribution >= 0.6 is 0 Å². The lowest BCUT2D eigenvalue weighted by atomic mass is 9.70. The third-order valence-electron chi connectivity index (χ3n) is 4.87. The summed E-state index contributed by atoms with van der Waals surface area (Å²) in [6.45, 7) is 9.10. The predicted octanol–water partition coefficient (Wildman–Crippen LogP) is 5.43. The minimum atomic E-state index is 0.270. The second kappa shape index (κ2) is 5.22. The highest BCUT2D eigenvalue weighted by Crippen LogP contribution is 2.45. The van der Waals surface area contributed by atoms with Gasteiger partial charge in [-0.2, -0.15) is 0 Å². The van der Waals surface area contributed by atoms with Crippen LogP contribution in [0.15, 0.2) is 42.5 Å². The maximum atomic E-state index is 3.82. The molecule has 0 bridgehead atoms. The van der Waals surface area contributed by atoms with Crippen molar-refractivity contribution in [1.29, 1.82) is 0 Å². The van der Waals surface area contributed by atoms with Gasteiger partial charge in [0.2, 0.25) is 0 Å². The second-order valence-electron chi connectivity index (χ2n) is 7.08. The first kappa shape index (κ1) is 14.2. The van der Waals surface area contributed by atoms with Crippen LogP contribution in [0.3, 0.4) is 0 Å². The number of hydrogen-bond donors (Lipinski definition) is 1. The highest BCUT2D eigenvalue weighted by atomic mass is 14.9. The number of aryl methyl sites for hydroxylation is 3. The van der Waals surface area contributed by atoms with Gasteiger partial charge in [-0.15, -0.1) is 0 Å². The maximum absolute atomic E-state index is 3.82. The van der Waals surface area contributed by atoms with Crippen LogP contribution in [0.2, 0.25) is 0 Å². The topological polar surface area (TPSA) is 12.0 Å². The molecule has 21 heavy (non-hydrogen) atoms. The van der Waals surface area contributed by atoms with Crippen LogP contribution in [0.1, 0.15) is 48.6 Å². The van der Waals surface area contributed by atoms with E-state index in [1.165, 1.54) is 40.8 Å². The van der Waals surface area contributed by atoms with Crippen LogP contribution in [0.4, 0.5) is 5.69 Å². The molecule has 2 aromatic rings. The Morgan fingerprint density at radius 2 is 1.81 bits per heavy atom. The minimum Gasteiger partial charge on any atom is -0.377 e. The monoisotopic (exact) mass is 279 g/mol. The van der Waals surface area contributed by atoms with Crippen molar-refractivity contribution in [3.05, 3.63) is 64.7 Å². The summed E-state index contributed by atoms with van der Waals surface area (Å²) in [4.78, 5) is 0. The maximum Gasteiger partial charge on any atom is 0.0567 e. The van der Waals surface area contributed by atoms with E-state index in [1.54, 1.807) is 0 Å². The first-order chi connectivity index (χ1) is 9.97. The Balaban J connectivity index is 1.99.